The molecule has 0 aromatic heterocycles. The van der Waals surface area contributed by atoms with Gasteiger partial charge in [0.2, 0.25) is 0 Å². The molecule has 1 aliphatic carbocycles. The molecule has 0 unspecified atom stereocenters. The van der Waals surface area contributed by atoms with Crippen LogP contribution in [0.4, 0.5) is 0 Å². The Balaban J connectivity index is 1.23. The highest BCUT2D eigenvalue weighted by Crippen LogP contribution is 2.58. The Kier molecular flexibility index (Phi) is 6.19. The van der Waals surface area contributed by atoms with Gasteiger partial charge in [0.25, 0.3) is 0 Å². The molecule has 0 amide bonds. The monoisotopic (exact) mass is 620 g/mol. The summed E-state index contributed by atoms with van der Waals surface area (Å²) in [5.74, 6) is 0. The zero-order chi connectivity index (χ0) is 32.4. The van der Waals surface area contributed by atoms with Gasteiger partial charge in [-0.05, 0) is 100 Å². The van der Waals surface area contributed by atoms with Crippen LogP contribution < -0.4 is 0 Å². The maximum atomic E-state index is 2.50. The van der Waals surface area contributed by atoms with Crippen LogP contribution in [0.2, 0.25) is 0 Å². The Bertz CT molecular complexity index is 2640. The summed E-state index contributed by atoms with van der Waals surface area (Å²) in [6.45, 7) is 0. The summed E-state index contributed by atoms with van der Waals surface area (Å²) in [5.41, 5.74) is 12.4. The first kappa shape index (κ1) is 27.8. The molecule has 0 nitrogen and oxygen atoms in total. The fourth-order valence-corrected chi connectivity index (χ4v) is 8.66. The van der Waals surface area contributed by atoms with Crippen LogP contribution in [-0.4, -0.2) is 0 Å². The van der Waals surface area contributed by atoms with E-state index in [4.69, 9.17) is 0 Å². The maximum Gasteiger partial charge on any atom is 0.0714 e. The van der Waals surface area contributed by atoms with Gasteiger partial charge in [-0.1, -0.05) is 182 Å². The number of fused-ring (bicyclic) bond motifs is 8. The van der Waals surface area contributed by atoms with Gasteiger partial charge in [0.15, 0.2) is 0 Å². The van der Waals surface area contributed by atoms with Gasteiger partial charge in [-0.3, -0.25) is 0 Å². The van der Waals surface area contributed by atoms with Crippen molar-refractivity contribution in [1.82, 2.24) is 0 Å². The zero-order valence-electron chi connectivity index (χ0n) is 27.0. The van der Waals surface area contributed by atoms with Crippen LogP contribution in [0.3, 0.4) is 0 Å². The average Bonchev–Trinajstić information content (AvgIpc) is 3.49. The van der Waals surface area contributed by atoms with E-state index in [0.717, 1.165) is 0 Å². The molecule has 1 aliphatic rings. The first-order valence-corrected chi connectivity index (χ1v) is 17.1. The predicted octanol–water partition coefficient (Wildman–Crippen LogP) is 12.8. The van der Waals surface area contributed by atoms with E-state index in [1.54, 1.807) is 0 Å². The van der Waals surface area contributed by atoms with Gasteiger partial charge in [-0.15, -0.1) is 0 Å². The van der Waals surface area contributed by atoms with Crippen LogP contribution >= 0.6 is 0 Å². The Morgan fingerprint density at radius 2 is 0.755 bits per heavy atom. The Morgan fingerprint density at radius 3 is 1.41 bits per heavy atom. The normalized spacial score (nSPS) is 13.1. The molecule has 0 radical (unpaired) electrons. The molecule has 0 fully saturated rings. The lowest BCUT2D eigenvalue weighted by Crippen LogP contribution is -2.28. The van der Waals surface area contributed by atoms with E-state index in [1.165, 1.54) is 88.0 Å². The highest BCUT2D eigenvalue weighted by atomic mass is 14.5. The third kappa shape index (κ3) is 4.04. The second kappa shape index (κ2) is 10.9. The molecule has 49 heavy (non-hydrogen) atoms. The molecule has 10 rings (SSSR count). The summed E-state index contributed by atoms with van der Waals surface area (Å²) in [6, 6.07) is 71.8. The van der Waals surface area contributed by atoms with Crippen LogP contribution in [0.5, 0.6) is 0 Å². The summed E-state index contributed by atoms with van der Waals surface area (Å²) in [5, 5.41) is 7.71. The standard InChI is InChI=1S/C49H32/c1-3-16-36(17-4-1)49(37-18-5-2-6-19-37)46-26-14-13-25-43(46)48-42-24-12-11-23-41(42)45(32-47(48)49)34-29-27-33(28-30-34)44-31-35-15-7-8-20-38(35)39-21-9-10-22-40(39)44/h1-32H. The van der Waals surface area contributed by atoms with Gasteiger partial charge >= 0.3 is 0 Å². The smallest absolute Gasteiger partial charge is 0.0622 e. The lowest BCUT2D eigenvalue weighted by molar-refractivity contribution is 0.769. The molecule has 0 saturated heterocycles. The van der Waals surface area contributed by atoms with Gasteiger partial charge in [-0.25, -0.2) is 0 Å². The fourth-order valence-electron chi connectivity index (χ4n) is 8.66. The molecule has 9 aromatic carbocycles. The minimum absolute atomic E-state index is 0.447. The quantitative estimate of drug-likeness (QED) is 0.172. The van der Waals surface area contributed by atoms with Crippen LogP contribution in [0, 0.1) is 0 Å². The van der Waals surface area contributed by atoms with Crippen LogP contribution in [0.25, 0.3) is 65.7 Å². The number of benzene rings is 9. The highest BCUT2D eigenvalue weighted by Gasteiger charge is 2.46. The van der Waals surface area contributed by atoms with E-state index in [-0.39, 0.29) is 0 Å². The second-order valence-corrected chi connectivity index (χ2v) is 13.2. The molecule has 0 atom stereocenters. The largest absolute Gasteiger partial charge is 0.0714 e. The Hall–Kier alpha value is -6.24. The van der Waals surface area contributed by atoms with Crippen molar-refractivity contribution in [3.05, 3.63) is 216 Å². The minimum Gasteiger partial charge on any atom is -0.0622 e. The maximum absolute atomic E-state index is 2.50. The van der Waals surface area contributed by atoms with Crippen molar-refractivity contribution < 1.29 is 0 Å². The first-order chi connectivity index (χ1) is 24.3. The predicted molar refractivity (Wildman–Crippen MR) is 207 cm³/mol. The van der Waals surface area contributed by atoms with E-state index >= 15 is 0 Å². The minimum atomic E-state index is -0.447. The van der Waals surface area contributed by atoms with E-state index < -0.39 is 5.41 Å². The Labute approximate surface area is 286 Å². The number of hydrogen-bond donors (Lipinski definition) is 0. The second-order valence-electron chi connectivity index (χ2n) is 13.2. The molecule has 0 heterocycles. The molecule has 0 saturated carbocycles. The number of rotatable bonds is 4. The highest BCUT2D eigenvalue weighted by molar-refractivity contribution is 6.14. The van der Waals surface area contributed by atoms with E-state index in [2.05, 4.69) is 194 Å². The number of hydrogen-bond acceptors (Lipinski definition) is 0. The van der Waals surface area contributed by atoms with Crippen molar-refractivity contribution >= 4 is 32.3 Å². The van der Waals surface area contributed by atoms with Crippen LogP contribution in [0.1, 0.15) is 22.3 Å². The average molecular weight is 621 g/mol. The molecule has 0 bridgehead atoms. The molecular weight excluding hydrogens is 589 g/mol. The summed E-state index contributed by atoms with van der Waals surface area (Å²) in [4.78, 5) is 0. The van der Waals surface area contributed by atoms with Crippen molar-refractivity contribution in [2.24, 2.45) is 0 Å². The lowest BCUT2D eigenvalue weighted by Gasteiger charge is -2.34. The van der Waals surface area contributed by atoms with Gasteiger partial charge < -0.3 is 0 Å². The lowest BCUT2D eigenvalue weighted by atomic mass is 9.67. The molecule has 9 aromatic rings. The van der Waals surface area contributed by atoms with E-state index in [1.807, 2.05) is 0 Å². The van der Waals surface area contributed by atoms with Gasteiger partial charge in [0.1, 0.15) is 0 Å². The van der Waals surface area contributed by atoms with Crippen molar-refractivity contribution in [2.45, 2.75) is 5.41 Å². The SMILES string of the molecule is c1ccc(C2(c3ccccc3)c3ccccc3-c3c2cc(-c2ccc(-c4cc5ccccc5c5ccccc45)cc2)c2ccccc32)cc1. The third-order valence-electron chi connectivity index (χ3n) is 10.7. The molecule has 0 heteroatoms. The summed E-state index contributed by atoms with van der Waals surface area (Å²) < 4.78 is 0. The van der Waals surface area contributed by atoms with Crippen molar-refractivity contribution in [3.8, 4) is 33.4 Å². The first-order valence-electron chi connectivity index (χ1n) is 17.1. The molecular formula is C49H32. The van der Waals surface area contributed by atoms with Crippen molar-refractivity contribution in [3.63, 3.8) is 0 Å². The van der Waals surface area contributed by atoms with Crippen LogP contribution in [0.15, 0.2) is 194 Å². The topological polar surface area (TPSA) is 0 Å². The Morgan fingerprint density at radius 1 is 0.286 bits per heavy atom. The van der Waals surface area contributed by atoms with E-state index in [0.29, 0.717) is 0 Å². The van der Waals surface area contributed by atoms with Crippen molar-refractivity contribution in [2.75, 3.05) is 0 Å². The van der Waals surface area contributed by atoms with Gasteiger partial charge in [0, 0.05) is 0 Å². The summed E-state index contributed by atoms with van der Waals surface area (Å²) >= 11 is 0. The molecule has 0 spiro atoms. The molecule has 0 N–H and O–H groups in total. The van der Waals surface area contributed by atoms with Crippen LogP contribution in [-0.2, 0) is 5.41 Å². The summed E-state index contributed by atoms with van der Waals surface area (Å²) in [7, 11) is 0. The van der Waals surface area contributed by atoms with Gasteiger partial charge in [0.05, 0.1) is 5.41 Å². The molecule has 228 valence electrons. The zero-order valence-corrected chi connectivity index (χ0v) is 27.0. The van der Waals surface area contributed by atoms with Crippen molar-refractivity contribution in [1.29, 1.82) is 0 Å². The summed E-state index contributed by atoms with van der Waals surface area (Å²) in [6.07, 6.45) is 0. The van der Waals surface area contributed by atoms with E-state index in [9.17, 15) is 0 Å². The van der Waals surface area contributed by atoms with Gasteiger partial charge in [-0.2, -0.15) is 0 Å². The third-order valence-corrected chi connectivity index (χ3v) is 10.7. The molecule has 0 aliphatic heterocycles. The fraction of sp³-hybridized carbons (Fsp3) is 0.0204.